The lowest BCUT2D eigenvalue weighted by Crippen LogP contribution is -2.29. The Kier molecular flexibility index (Phi) is 8.92. The highest BCUT2D eigenvalue weighted by atomic mass is 79.9. The van der Waals surface area contributed by atoms with Crippen LogP contribution in [0, 0.1) is 0 Å². The molecule has 0 unspecified atom stereocenters. The molecule has 0 spiro atoms. The van der Waals surface area contributed by atoms with E-state index in [4.69, 9.17) is 9.73 Å². The van der Waals surface area contributed by atoms with Gasteiger partial charge in [-0.1, -0.05) is 34.1 Å². The van der Waals surface area contributed by atoms with Crippen LogP contribution in [-0.2, 0) is 11.4 Å². The van der Waals surface area contributed by atoms with Gasteiger partial charge in [0.1, 0.15) is 12.4 Å². The SMILES string of the molecule is CCN1C(=O)/C(=C/c2ccc(OCc3ccc(Br)cc3)c(Br)c2)SC1=Nc1ccc(N2CCCCC2)cc1. The summed E-state index contributed by atoms with van der Waals surface area (Å²) >= 11 is 8.49. The van der Waals surface area contributed by atoms with Crippen LogP contribution >= 0.6 is 43.6 Å². The fourth-order valence-corrected chi connectivity index (χ4v) is 6.33. The standard InChI is InChI=1S/C30H29Br2N3O2S/c1-2-35-29(36)28(38-30(35)33-24-11-13-25(14-12-24)34-16-4-3-5-17-34)19-22-8-15-27(26(32)18-22)37-20-21-6-9-23(31)10-7-21/h6-15,18-19H,2-5,16-17,20H2,1H3/b28-19-,33-30?. The molecule has 0 saturated carbocycles. The third-order valence-electron chi connectivity index (χ3n) is 6.56. The summed E-state index contributed by atoms with van der Waals surface area (Å²) in [5.41, 5.74) is 4.11. The van der Waals surface area contributed by atoms with Crippen LogP contribution in [0.25, 0.3) is 6.08 Å². The molecule has 1 amide bonds. The average Bonchev–Trinajstić information content (AvgIpc) is 3.23. The Morgan fingerprint density at radius 3 is 2.39 bits per heavy atom. The number of likely N-dealkylation sites (N-methyl/N-ethyl adjacent to an activating group) is 1. The normalized spacial score (nSPS) is 18.0. The predicted octanol–water partition coefficient (Wildman–Crippen LogP) is 8.40. The summed E-state index contributed by atoms with van der Waals surface area (Å²) in [4.78, 5) is 22.8. The molecule has 3 aromatic carbocycles. The fraction of sp³-hybridized carbons (Fsp3) is 0.267. The number of hydrogen-bond donors (Lipinski definition) is 0. The zero-order valence-corrected chi connectivity index (χ0v) is 25.2. The van der Waals surface area contributed by atoms with E-state index in [1.54, 1.807) is 4.90 Å². The van der Waals surface area contributed by atoms with Crippen molar-refractivity contribution < 1.29 is 9.53 Å². The van der Waals surface area contributed by atoms with Crippen molar-refractivity contribution >= 4 is 72.1 Å². The Labute approximate surface area is 245 Å². The molecule has 0 atom stereocenters. The van der Waals surface area contributed by atoms with Crippen molar-refractivity contribution in [3.8, 4) is 5.75 Å². The molecule has 0 bridgehead atoms. The number of ether oxygens (including phenoxy) is 1. The summed E-state index contributed by atoms with van der Waals surface area (Å²) in [5.74, 6) is 0.735. The van der Waals surface area contributed by atoms with Crippen molar-refractivity contribution in [1.82, 2.24) is 4.90 Å². The van der Waals surface area contributed by atoms with Crippen LogP contribution < -0.4 is 9.64 Å². The first-order valence-corrected chi connectivity index (χ1v) is 15.2. The van der Waals surface area contributed by atoms with Gasteiger partial charge < -0.3 is 9.64 Å². The van der Waals surface area contributed by atoms with E-state index >= 15 is 0 Å². The van der Waals surface area contributed by atoms with E-state index in [-0.39, 0.29) is 5.91 Å². The van der Waals surface area contributed by atoms with Gasteiger partial charge in [0.2, 0.25) is 0 Å². The van der Waals surface area contributed by atoms with Gasteiger partial charge in [0.15, 0.2) is 5.17 Å². The van der Waals surface area contributed by atoms with E-state index in [2.05, 4.69) is 48.9 Å². The second-order valence-electron chi connectivity index (χ2n) is 9.22. The lowest BCUT2D eigenvalue weighted by Gasteiger charge is -2.28. The first-order chi connectivity index (χ1) is 18.5. The zero-order valence-electron chi connectivity index (χ0n) is 21.2. The predicted molar refractivity (Wildman–Crippen MR) is 165 cm³/mol. The van der Waals surface area contributed by atoms with Crippen molar-refractivity contribution in [1.29, 1.82) is 0 Å². The molecule has 0 radical (unpaired) electrons. The number of piperidine rings is 1. The number of amidine groups is 1. The minimum atomic E-state index is -0.0205. The van der Waals surface area contributed by atoms with Crippen LogP contribution in [0.3, 0.4) is 0 Å². The van der Waals surface area contributed by atoms with E-state index in [9.17, 15) is 4.79 Å². The van der Waals surface area contributed by atoms with E-state index in [1.807, 2.05) is 67.6 Å². The maximum Gasteiger partial charge on any atom is 0.266 e. The van der Waals surface area contributed by atoms with Crippen LogP contribution in [0.2, 0.25) is 0 Å². The summed E-state index contributed by atoms with van der Waals surface area (Å²) < 4.78 is 7.87. The molecule has 2 fully saturated rings. The molecular formula is C30H29Br2N3O2S. The molecule has 2 aliphatic heterocycles. The Hall–Kier alpha value is -2.55. The molecule has 5 rings (SSSR count). The number of carbonyl (C=O) groups is 1. The van der Waals surface area contributed by atoms with Crippen LogP contribution in [0.15, 0.2) is 85.6 Å². The molecule has 8 heteroatoms. The fourth-order valence-electron chi connectivity index (χ4n) is 4.49. The van der Waals surface area contributed by atoms with Gasteiger partial charge in [-0.05, 0) is 120 Å². The molecule has 0 aliphatic carbocycles. The minimum Gasteiger partial charge on any atom is -0.488 e. The number of benzene rings is 3. The maximum absolute atomic E-state index is 13.1. The minimum absolute atomic E-state index is 0.0205. The van der Waals surface area contributed by atoms with Crippen molar-refractivity contribution in [2.45, 2.75) is 32.8 Å². The van der Waals surface area contributed by atoms with Gasteiger partial charge in [-0.25, -0.2) is 4.99 Å². The van der Waals surface area contributed by atoms with Crippen molar-refractivity contribution in [2.75, 3.05) is 24.5 Å². The van der Waals surface area contributed by atoms with Gasteiger partial charge in [-0.3, -0.25) is 9.69 Å². The maximum atomic E-state index is 13.1. The third-order valence-corrected chi connectivity index (χ3v) is 8.72. The Balaban J connectivity index is 1.28. The van der Waals surface area contributed by atoms with Gasteiger partial charge in [0.05, 0.1) is 15.1 Å². The highest BCUT2D eigenvalue weighted by Crippen LogP contribution is 2.36. The number of amides is 1. The van der Waals surface area contributed by atoms with Gasteiger partial charge in [-0.15, -0.1) is 0 Å². The molecule has 3 aromatic rings. The summed E-state index contributed by atoms with van der Waals surface area (Å²) in [6.45, 7) is 5.25. The zero-order chi connectivity index (χ0) is 26.5. The van der Waals surface area contributed by atoms with E-state index in [1.165, 1.54) is 36.7 Å². The lowest BCUT2D eigenvalue weighted by molar-refractivity contribution is -0.122. The van der Waals surface area contributed by atoms with Crippen LogP contribution in [-0.4, -0.2) is 35.6 Å². The Morgan fingerprint density at radius 1 is 0.974 bits per heavy atom. The molecule has 2 saturated heterocycles. The van der Waals surface area contributed by atoms with E-state index in [0.717, 1.165) is 44.6 Å². The second kappa shape index (κ2) is 12.5. The second-order valence-corrected chi connectivity index (χ2v) is 12.0. The van der Waals surface area contributed by atoms with Gasteiger partial charge in [0, 0.05) is 29.8 Å². The van der Waals surface area contributed by atoms with Gasteiger partial charge >= 0.3 is 0 Å². The van der Waals surface area contributed by atoms with Crippen molar-refractivity contribution in [3.05, 3.63) is 91.7 Å². The lowest BCUT2D eigenvalue weighted by atomic mass is 10.1. The van der Waals surface area contributed by atoms with E-state index in [0.29, 0.717) is 23.2 Å². The quantitative estimate of drug-likeness (QED) is 0.240. The molecule has 0 N–H and O–H groups in total. The largest absolute Gasteiger partial charge is 0.488 e. The number of nitrogens with zero attached hydrogens (tertiary/aromatic N) is 3. The monoisotopic (exact) mass is 653 g/mol. The summed E-state index contributed by atoms with van der Waals surface area (Å²) in [6, 6.07) is 22.3. The van der Waals surface area contributed by atoms with Crippen molar-refractivity contribution in [2.24, 2.45) is 4.99 Å². The molecule has 196 valence electrons. The number of thioether (sulfide) groups is 1. The van der Waals surface area contributed by atoms with Crippen LogP contribution in [0.5, 0.6) is 5.75 Å². The van der Waals surface area contributed by atoms with Crippen LogP contribution in [0.4, 0.5) is 11.4 Å². The Bertz CT molecular complexity index is 1350. The first kappa shape index (κ1) is 27.0. The van der Waals surface area contributed by atoms with Crippen molar-refractivity contribution in [3.63, 3.8) is 0 Å². The summed E-state index contributed by atoms with van der Waals surface area (Å²) in [5, 5.41) is 0.711. The molecule has 2 aliphatic rings. The highest BCUT2D eigenvalue weighted by molar-refractivity contribution is 9.10. The van der Waals surface area contributed by atoms with Gasteiger partial charge in [-0.2, -0.15) is 0 Å². The smallest absolute Gasteiger partial charge is 0.266 e. The first-order valence-electron chi connectivity index (χ1n) is 12.8. The number of aliphatic imine (C=N–C) groups is 1. The summed E-state index contributed by atoms with van der Waals surface area (Å²) in [6.07, 6.45) is 5.74. The topological polar surface area (TPSA) is 45.1 Å². The molecule has 5 nitrogen and oxygen atoms in total. The van der Waals surface area contributed by atoms with Crippen LogP contribution in [0.1, 0.15) is 37.3 Å². The number of hydrogen-bond acceptors (Lipinski definition) is 5. The third kappa shape index (κ3) is 6.53. The molecule has 2 heterocycles. The summed E-state index contributed by atoms with van der Waals surface area (Å²) in [7, 11) is 0. The Morgan fingerprint density at radius 2 is 1.71 bits per heavy atom. The number of rotatable bonds is 7. The highest BCUT2D eigenvalue weighted by Gasteiger charge is 2.32. The molecular weight excluding hydrogens is 626 g/mol. The molecule has 0 aromatic heterocycles. The van der Waals surface area contributed by atoms with E-state index < -0.39 is 0 Å². The number of anilines is 1. The number of halogens is 2. The van der Waals surface area contributed by atoms with Gasteiger partial charge in [0.25, 0.3) is 5.91 Å². The average molecular weight is 655 g/mol. The molecule has 38 heavy (non-hydrogen) atoms. The number of carbonyl (C=O) groups excluding carboxylic acids is 1.